The average Bonchev–Trinajstić information content (AvgIpc) is 2.38. The first-order chi connectivity index (χ1) is 6.93. The van der Waals surface area contributed by atoms with E-state index in [9.17, 15) is 10.1 Å². The van der Waals surface area contributed by atoms with Crippen LogP contribution in [0.4, 0.5) is 11.4 Å². The van der Waals surface area contributed by atoms with E-state index in [0.717, 1.165) is 16.3 Å². The summed E-state index contributed by atoms with van der Waals surface area (Å²) >= 11 is 4.37. The Kier molecular flexibility index (Phi) is 2.09. The molecule has 1 aliphatic rings. The van der Waals surface area contributed by atoms with Crippen LogP contribution in [0.25, 0.3) is 6.08 Å². The minimum Gasteiger partial charge on any atom is -0.258 e. The number of nitro benzene ring substituents is 1. The zero-order valence-corrected chi connectivity index (χ0v) is 9.36. The summed E-state index contributed by atoms with van der Waals surface area (Å²) in [5.41, 5.74) is 2.03. The van der Waals surface area contributed by atoms with Crippen molar-refractivity contribution >= 4 is 30.1 Å². The van der Waals surface area contributed by atoms with Crippen molar-refractivity contribution in [1.29, 1.82) is 0 Å². The molecule has 4 nitrogen and oxygen atoms in total. The monoisotopic (exact) mass is 223 g/mol. The lowest BCUT2D eigenvalue weighted by Gasteiger charge is -2.24. The maximum absolute atomic E-state index is 10.6. The SMILES string of the molecule is C[N+]1(C)C(S)=Cc2cc([N+](=O)[O-])ccc21. The van der Waals surface area contributed by atoms with Gasteiger partial charge in [-0.15, -0.1) is 0 Å². The van der Waals surface area contributed by atoms with E-state index in [1.54, 1.807) is 12.1 Å². The number of fused-ring (bicyclic) bond motifs is 1. The van der Waals surface area contributed by atoms with Crippen molar-refractivity contribution < 1.29 is 4.92 Å². The second kappa shape index (κ2) is 3.08. The van der Waals surface area contributed by atoms with E-state index in [-0.39, 0.29) is 10.6 Å². The molecule has 1 aromatic carbocycles. The van der Waals surface area contributed by atoms with Crippen LogP contribution in [-0.4, -0.2) is 19.0 Å². The molecule has 0 fully saturated rings. The molecule has 0 radical (unpaired) electrons. The fraction of sp³-hybridized carbons (Fsp3) is 0.200. The van der Waals surface area contributed by atoms with Gasteiger partial charge < -0.3 is 0 Å². The van der Waals surface area contributed by atoms with Gasteiger partial charge in [0.1, 0.15) is 5.69 Å². The van der Waals surface area contributed by atoms with E-state index in [2.05, 4.69) is 12.6 Å². The highest BCUT2D eigenvalue weighted by atomic mass is 32.1. The van der Waals surface area contributed by atoms with Crippen LogP contribution in [-0.2, 0) is 0 Å². The van der Waals surface area contributed by atoms with Crippen molar-refractivity contribution in [3.8, 4) is 0 Å². The number of hydrogen-bond donors (Lipinski definition) is 1. The van der Waals surface area contributed by atoms with Gasteiger partial charge in [0.25, 0.3) is 5.69 Å². The van der Waals surface area contributed by atoms with Crippen LogP contribution >= 0.6 is 12.6 Å². The van der Waals surface area contributed by atoms with Crippen LogP contribution in [0.15, 0.2) is 23.2 Å². The summed E-state index contributed by atoms with van der Waals surface area (Å²) in [6, 6.07) is 4.89. The minimum absolute atomic E-state index is 0.119. The Morgan fingerprint density at radius 1 is 1.40 bits per heavy atom. The quantitative estimate of drug-likeness (QED) is 0.344. The first kappa shape index (κ1) is 10.2. The zero-order chi connectivity index (χ0) is 11.2. The molecule has 0 saturated carbocycles. The predicted octanol–water partition coefficient (Wildman–Crippen LogP) is 2.40. The topological polar surface area (TPSA) is 43.1 Å². The molecule has 78 valence electrons. The summed E-state index contributed by atoms with van der Waals surface area (Å²) in [5, 5.41) is 11.5. The fourth-order valence-corrected chi connectivity index (χ4v) is 1.95. The molecular weight excluding hydrogens is 212 g/mol. The lowest BCUT2D eigenvalue weighted by atomic mass is 10.1. The summed E-state index contributed by atoms with van der Waals surface area (Å²) in [5.74, 6) is 0. The Morgan fingerprint density at radius 3 is 2.67 bits per heavy atom. The molecule has 0 amide bonds. The molecule has 1 aromatic rings. The first-order valence-corrected chi connectivity index (χ1v) is 4.92. The lowest BCUT2D eigenvalue weighted by molar-refractivity contribution is -0.384. The third kappa shape index (κ3) is 1.44. The molecule has 15 heavy (non-hydrogen) atoms. The van der Waals surface area contributed by atoms with Crippen molar-refractivity contribution in [3.05, 3.63) is 38.9 Å². The second-order valence-electron chi connectivity index (χ2n) is 3.96. The van der Waals surface area contributed by atoms with Crippen LogP contribution in [0.2, 0.25) is 0 Å². The summed E-state index contributed by atoms with van der Waals surface area (Å²) in [7, 11) is 3.99. The molecule has 2 rings (SSSR count). The van der Waals surface area contributed by atoms with Gasteiger partial charge in [0, 0.05) is 29.8 Å². The Labute approximate surface area is 93.0 Å². The number of quaternary nitrogens is 1. The highest BCUT2D eigenvalue weighted by Crippen LogP contribution is 2.40. The molecule has 0 bridgehead atoms. The van der Waals surface area contributed by atoms with Gasteiger partial charge >= 0.3 is 0 Å². The van der Waals surface area contributed by atoms with E-state index in [0.29, 0.717) is 4.48 Å². The molecule has 0 spiro atoms. The van der Waals surface area contributed by atoms with E-state index < -0.39 is 0 Å². The number of nitrogens with zero attached hydrogens (tertiary/aromatic N) is 2. The average molecular weight is 223 g/mol. The Morgan fingerprint density at radius 2 is 2.07 bits per heavy atom. The largest absolute Gasteiger partial charge is 0.270 e. The molecule has 0 unspecified atom stereocenters. The lowest BCUT2D eigenvalue weighted by Crippen LogP contribution is -2.34. The number of thiol groups is 1. The first-order valence-electron chi connectivity index (χ1n) is 4.47. The second-order valence-corrected chi connectivity index (χ2v) is 4.41. The van der Waals surface area contributed by atoms with Gasteiger partial charge in [-0.1, -0.05) is 12.6 Å². The summed E-state index contributed by atoms with van der Waals surface area (Å²) in [6.45, 7) is 0. The van der Waals surface area contributed by atoms with Crippen molar-refractivity contribution in [1.82, 2.24) is 4.48 Å². The van der Waals surface area contributed by atoms with Crippen molar-refractivity contribution in [2.75, 3.05) is 14.1 Å². The van der Waals surface area contributed by atoms with Gasteiger partial charge in [-0.25, -0.2) is 0 Å². The van der Waals surface area contributed by atoms with Crippen molar-refractivity contribution in [2.24, 2.45) is 0 Å². The number of rotatable bonds is 1. The van der Waals surface area contributed by atoms with Gasteiger partial charge in [-0.05, 0) is 0 Å². The smallest absolute Gasteiger partial charge is 0.258 e. The van der Waals surface area contributed by atoms with Gasteiger partial charge in [-0.2, -0.15) is 0 Å². The van der Waals surface area contributed by atoms with Crippen LogP contribution in [0.1, 0.15) is 5.56 Å². The number of non-ortho nitro benzene ring substituents is 1. The molecule has 0 saturated heterocycles. The van der Waals surface area contributed by atoms with Gasteiger partial charge in [0.2, 0.25) is 0 Å². The molecule has 0 aliphatic carbocycles. The summed E-state index contributed by atoms with van der Waals surface area (Å²) in [4.78, 5) is 10.2. The number of nitro groups is 1. The van der Waals surface area contributed by atoms with Crippen LogP contribution in [0.5, 0.6) is 0 Å². The minimum atomic E-state index is -0.384. The standard InChI is InChI=1S/C10H10N2O2S/c1-12(2)9-4-3-8(11(13)14)5-7(9)6-10(12)15/h3-6H,1-2H3/p+1. The third-order valence-corrected chi connectivity index (χ3v) is 3.31. The Balaban J connectivity index is 2.59. The number of hydrogen-bond acceptors (Lipinski definition) is 3. The maximum atomic E-state index is 10.6. The summed E-state index contributed by atoms with van der Waals surface area (Å²) in [6.07, 6.45) is 1.87. The highest BCUT2D eigenvalue weighted by Gasteiger charge is 2.32. The highest BCUT2D eigenvalue weighted by molar-refractivity contribution is 7.84. The Bertz CT molecular complexity index is 480. The summed E-state index contributed by atoms with van der Waals surface area (Å²) < 4.78 is 0.538. The molecule has 1 heterocycles. The predicted molar refractivity (Wildman–Crippen MR) is 63.7 cm³/mol. The molecular formula is C10H11N2O2S+. The van der Waals surface area contributed by atoms with E-state index >= 15 is 0 Å². The van der Waals surface area contributed by atoms with Crippen molar-refractivity contribution in [3.63, 3.8) is 0 Å². The van der Waals surface area contributed by atoms with E-state index in [1.165, 1.54) is 6.07 Å². The fourth-order valence-electron chi connectivity index (χ4n) is 1.70. The molecule has 0 aromatic heterocycles. The molecule has 0 N–H and O–H groups in total. The molecule has 5 heteroatoms. The maximum Gasteiger partial charge on any atom is 0.270 e. The van der Waals surface area contributed by atoms with Gasteiger partial charge in [-0.3, -0.25) is 14.6 Å². The number of benzene rings is 1. The van der Waals surface area contributed by atoms with Crippen LogP contribution in [0.3, 0.4) is 0 Å². The zero-order valence-electron chi connectivity index (χ0n) is 8.47. The van der Waals surface area contributed by atoms with E-state index in [4.69, 9.17) is 0 Å². The van der Waals surface area contributed by atoms with Gasteiger partial charge in [0.15, 0.2) is 5.03 Å². The molecule has 0 atom stereocenters. The molecule has 1 aliphatic heterocycles. The van der Waals surface area contributed by atoms with E-state index in [1.807, 2.05) is 20.2 Å². The van der Waals surface area contributed by atoms with Gasteiger partial charge in [0.05, 0.1) is 19.0 Å². The normalized spacial score (nSPS) is 17.1. The van der Waals surface area contributed by atoms with Crippen molar-refractivity contribution in [2.45, 2.75) is 0 Å². The Hall–Kier alpha value is -1.33. The van der Waals surface area contributed by atoms with Crippen LogP contribution in [0, 0.1) is 10.1 Å². The van der Waals surface area contributed by atoms with Crippen LogP contribution < -0.4 is 4.48 Å². The third-order valence-electron chi connectivity index (χ3n) is 2.68.